The fourth-order valence-electron chi connectivity index (χ4n) is 3.39. The van der Waals surface area contributed by atoms with Gasteiger partial charge in [0.2, 0.25) is 0 Å². The van der Waals surface area contributed by atoms with E-state index in [-0.39, 0.29) is 5.75 Å². The summed E-state index contributed by atoms with van der Waals surface area (Å²) in [7, 11) is 1.91. The van der Waals surface area contributed by atoms with Crippen molar-refractivity contribution >= 4 is 27.8 Å². The molecule has 2 aromatic heterocycles. The summed E-state index contributed by atoms with van der Waals surface area (Å²) in [5.74, 6) is 0.561. The van der Waals surface area contributed by atoms with Crippen LogP contribution in [-0.4, -0.2) is 49.6 Å². The molecule has 1 unspecified atom stereocenters. The average molecular weight is 498 g/mol. The summed E-state index contributed by atoms with van der Waals surface area (Å²) in [6, 6.07) is 13.8. The smallest absolute Gasteiger partial charge is 0.337 e. The number of aliphatic hydroxyl groups is 1. The summed E-state index contributed by atoms with van der Waals surface area (Å²) in [6.45, 7) is 3.86. The van der Waals surface area contributed by atoms with Crippen molar-refractivity contribution < 1.29 is 28.7 Å². The normalized spacial score (nSPS) is 12.4. The van der Waals surface area contributed by atoms with Crippen molar-refractivity contribution in [3.05, 3.63) is 77.1 Å². The van der Waals surface area contributed by atoms with Gasteiger partial charge in [0.25, 0.3) is 0 Å². The molecule has 9 nitrogen and oxygen atoms in total. The molecule has 3 N–H and O–H groups in total. The molecule has 0 saturated carbocycles. The third-order valence-electron chi connectivity index (χ3n) is 5.25. The number of aliphatic carboxylic acids is 1. The lowest BCUT2D eigenvalue weighted by Gasteiger charge is -2.11. The average Bonchev–Trinajstić information content (AvgIpc) is 3.30. The summed E-state index contributed by atoms with van der Waals surface area (Å²) in [5, 5.41) is 17.8. The highest BCUT2D eigenvalue weighted by molar-refractivity contribution is 7.84. The van der Waals surface area contributed by atoms with E-state index in [2.05, 4.69) is 15.0 Å². The minimum Gasteiger partial charge on any atom is -0.497 e. The first-order chi connectivity index (χ1) is 16.7. The van der Waals surface area contributed by atoms with Crippen molar-refractivity contribution in [2.45, 2.75) is 30.9 Å². The Balaban J connectivity index is 0.000000261. The molecular formula is C25H27N3O6S. The number of methoxy groups -OCH3 is 2. The molecule has 4 aromatic rings. The van der Waals surface area contributed by atoms with Gasteiger partial charge in [-0.25, -0.2) is 9.78 Å². The molecule has 2 heterocycles. The Morgan fingerprint density at radius 2 is 1.83 bits per heavy atom. The number of fused-ring (bicyclic) bond motifs is 1. The minimum absolute atomic E-state index is 0.277. The van der Waals surface area contributed by atoms with Gasteiger partial charge in [0.05, 0.1) is 47.5 Å². The molecule has 2 atom stereocenters. The fourth-order valence-corrected chi connectivity index (χ4v) is 4.49. The summed E-state index contributed by atoms with van der Waals surface area (Å²) in [4.78, 5) is 22.2. The molecule has 0 amide bonds. The number of ether oxygens (including phenoxy) is 2. The van der Waals surface area contributed by atoms with Gasteiger partial charge in [0.1, 0.15) is 11.5 Å². The maximum absolute atomic E-state index is 12.7. The zero-order chi connectivity index (χ0) is 25.5. The molecule has 10 heteroatoms. The van der Waals surface area contributed by atoms with Crippen LogP contribution in [-0.2, 0) is 21.3 Å². The van der Waals surface area contributed by atoms with Crippen molar-refractivity contribution in [1.82, 2.24) is 15.0 Å². The van der Waals surface area contributed by atoms with Gasteiger partial charge in [-0.3, -0.25) is 9.19 Å². The fraction of sp³-hybridized carbons (Fsp3) is 0.240. The molecule has 35 heavy (non-hydrogen) atoms. The SMILES string of the molecule is COc1ccc2nc([S@@](=O)Cc3ncc(C)c(OC)c3C)[nH]c2c1.O=C(O)C(O)c1ccccc1. The standard InChI is InChI=1S/C17H19N3O3S.C8H8O3/c1-10-8-18-15(11(2)16(10)23-4)9-24(21)17-19-13-6-5-12(22-3)7-14(13)20-17;9-7(8(10)11)6-4-2-1-3-5-6/h5-8H,9H2,1-4H3,(H,19,20);1-5,7,9H,(H,10,11)/t24-;/m0./s1. The number of imidazole rings is 1. The summed E-state index contributed by atoms with van der Waals surface area (Å²) in [5.41, 5.74) is 4.56. The van der Waals surface area contributed by atoms with Crippen molar-refractivity contribution in [3.8, 4) is 11.5 Å². The third kappa shape index (κ3) is 6.23. The van der Waals surface area contributed by atoms with Crippen LogP contribution in [0.1, 0.15) is 28.5 Å². The second-order valence-corrected chi connectivity index (χ2v) is 8.98. The lowest BCUT2D eigenvalue weighted by atomic mass is 10.1. The number of carboxylic acid groups (broad SMARTS) is 1. The highest BCUT2D eigenvalue weighted by Crippen LogP contribution is 2.26. The number of aliphatic hydroxyl groups excluding tert-OH is 1. The van der Waals surface area contributed by atoms with Crippen LogP contribution in [0.3, 0.4) is 0 Å². The lowest BCUT2D eigenvalue weighted by Crippen LogP contribution is -2.09. The lowest BCUT2D eigenvalue weighted by molar-refractivity contribution is -0.146. The second kappa shape index (κ2) is 11.6. The Morgan fingerprint density at radius 3 is 2.46 bits per heavy atom. The number of aromatic amines is 1. The van der Waals surface area contributed by atoms with Crippen LogP contribution in [0.2, 0.25) is 0 Å². The number of hydrogen-bond donors (Lipinski definition) is 3. The van der Waals surface area contributed by atoms with Crippen molar-refractivity contribution in [2.75, 3.05) is 14.2 Å². The predicted molar refractivity (Wildman–Crippen MR) is 132 cm³/mol. The number of nitrogens with zero attached hydrogens (tertiary/aromatic N) is 2. The van der Waals surface area contributed by atoms with Gasteiger partial charge in [-0.05, 0) is 31.5 Å². The van der Waals surface area contributed by atoms with Crippen LogP contribution in [0.25, 0.3) is 11.0 Å². The van der Waals surface area contributed by atoms with Gasteiger partial charge in [-0.15, -0.1) is 0 Å². The molecular weight excluding hydrogens is 470 g/mol. The zero-order valence-corrected chi connectivity index (χ0v) is 20.6. The van der Waals surface area contributed by atoms with Crippen LogP contribution in [0, 0.1) is 13.8 Å². The molecule has 0 bridgehead atoms. The predicted octanol–water partition coefficient (Wildman–Crippen LogP) is 3.70. The first-order valence-corrected chi connectivity index (χ1v) is 11.9. The van der Waals surface area contributed by atoms with E-state index >= 15 is 0 Å². The Labute approximate surface area is 205 Å². The Bertz CT molecular complexity index is 1340. The van der Waals surface area contributed by atoms with E-state index in [1.165, 1.54) is 0 Å². The quantitative estimate of drug-likeness (QED) is 0.352. The molecule has 0 aliphatic carbocycles. The topological polar surface area (TPSA) is 135 Å². The number of nitrogens with one attached hydrogen (secondary N) is 1. The molecule has 0 aliphatic heterocycles. The maximum Gasteiger partial charge on any atom is 0.337 e. The van der Waals surface area contributed by atoms with Gasteiger partial charge in [-0.1, -0.05) is 30.3 Å². The van der Waals surface area contributed by atoms with E-state index in [0.29, 0.717) is 10.7 Å². The number of aryl methyl sites for hydroxylation is 1. The van der Waals surface area contributed by atoms with E-state index < -0.39 is 22.9 Å². The largest absolute Gasteiger partial charge is 0.497 e. The van der Waals surface area contributed by atoms with Crippen LogP contribution in [0.15, 0.2) is 59.9 Å². The molecule has 4 rings (SSSR count). The van der Waals surface area contributed by atoms with E-state index in [9.17, 15) is 9.00 Å². The van der Waals surface area contributed by atoms with E-state index in [1.54, 1.807) is 50.7 Å². The first-order valence-electron chi connectivity index (χ1n) is 10.6. The maximum atomic E-state index is 12.7. The molecule has 0 spiro atoms. The number of benzene rings is 2. The van der Waals surface area contributed by atoms with E-state index in [0.717, 1.165) is 39.4 Å². The van der Waals surface area contributed by atoms with E-state index in [1.807, 2.05) is 32.0 Å². The van der Waals surface area contributed by atoms with Gasteiger partial charge < -0.3 is 24.7 Å². The number of H-pyrrole nitrogens is 1. The second-order valence-electron chi connectivity index (χ2n) is 7.61. The summed E-state index contributed by atoms with van der Waals surface area (Å²) in [6.07, 6.45) is 0.332. The number of rotatable bonds is 7. The molecule has 0 saturated heterocycles. The van der Waals surface area contributed by atoms with Gasteiger partial charge in [0.15, 0.2) is 11.3 Å². The highest BCUT2D eigenvalue weighted by atomic mass is 32.2. The Morgan fingerprint density at radius 1 is 1.11 bits per heavy atom. The van der Waals surface area contributed by atoms with Crippen molar-refractivity contribution in [2.24, 2.45) is 0 Å². The number of aromatic nitrogens is 3. The Hall–Kier alpha value is -3.76. The number of carboxylic acids is 1. The van der Waals surface area contributed by atoms with Gasteiger partial charge in [0, 0.05) is 23.4 Å². The molecule has 2 aromatic carbocycles. The van der Waals surface area contributed by atoms with Gasteiger partial charge >= 0.3 is 5.97 Å². The Kier molecular flexibility index (Phi) is 8.56. The summed E-state index contributed by atoms with van der Waals surface area (Å²) < 4.78 is 23.3. The van der Waals surface area contributed by atoms with Crippen LogP contribution in [0.5, 0.6) is 11.5 Å². The summed E-state index contributed by atoms with van der Waals surface area (Å²) >= 11 is 0. The molecule has 0 fully saturated rings. The third-order valence-corrected chi connectivity index (χ3v) is 6.41. The van der Waals surface area contributed by atoms with Crippen molar-refractivity contribution in [3.63, 3.8) is 0 Å². The number of hydrogen-bond acceptors (Lipinski definition) is 7. The van der Waals surface area contributed by atoms with Crippen molar-refractivity contribution in [1.29, 1.82) is 0 Å². The molecule has 184 valence electrons. The van der Waals surface area contributed by atoms with Gasteiger partial charge in [-0.2, -0.15) is 0 Å². The number of pyridine rings is 1. The first kappa shape index (κ1) is 25.9. The van der Waals surface area contributed by atoms with E-state index in [4.69, 9.17) is 19.7 Å². The van der Waals surface area contributed by atoms with Crippen LogP contribution >= 0.6 is 0 Å². The number of carbonyl (C=O) groups is 1. The van der Waals surface area contributed by atoms with Crippen LogP contribution < -0.4 is 9.47 Å². The highest BCUT2D eigenvalue weighted by Gasteiger charge is 2.16. The monoisotopic (exact) mass is 497 g/mol. The molecule has 0 aliphatic rings. The minimum atomic E-state index is -1.41. The molecule has 0 radical (unpaired) electrons. The zero-order valence-electron chi connectivity index (χ0n) is 19.8. The van der Waals surface area contributed by atoms with Crippen LogP contribution in [0.4, 0.5) is 0 Å².